The molecule has 0 atom stereocenters. The van der Waals surface area contributed by atoms with Gasteiger partial charge in [0, 0.05) is 54.9 Å². The Bertz CT molecular complexity index is 2830. The SMILES string of the molecule is COc1ccc(CN(c2ncns2)S(=O)(=O)c2ccc(Oc3ccc(-c4ccccc4)cc3-c3cccc(CN(CCC4CCN(C(=O)O)CC4)C(=O)C(F)(F)F)c3)c(C#N)c2)c(OC)c1. The van der Waals surface area contributed by atoms with E-state index in [0.717, 1.165) is 31.9 Å². The van der Waals surface area contributed by atoms with Gasteiger partial charge in [-0.1, -0.05) is 54.6 Å². The van der Waals surface area contributed by atoms with E-state index in [1.54, 1.807) is 54.6 Å². The van der Waals surface area contributed by atoms with Gasteiger partial charge in [0.1, 0.15) is 35.4 Å². The summed E-state index contributed by atoms with van der Waals surface area (Å²) >= 11 is 0.865. The second-order valence-corrected chi connectivity index (χ2v) is 17.9. The van der Waals surface area contributed by atoms with Gasteiger partial charge in [-0.3, -0.25) is 4.79 Å². The molecule has 7 rings (SSSR count). The van der Waals surface area contributed by atoms with Crippen LogP contribution in [0.4, 0.5) is 23.1 Å². The number of ether oxygens (including phenoxy) is 3. The Morgan fingerprint density at radius 3 is 2.27 bits per heavy atom. The molecule has 1 N–H and O–H groups in total. The summed E-state index contributed by atoms with van der Waals surface area (Å²) in [6.07, 6.45) is -3.71. The van der Waals surface area contributed by atoms with Crippen LogP contribution in [0.2, 0.25) is 0 Å². The van der Waals surface area contributed by atoms with Crippen LogP contribution >= 0.6 is 11.5 Å². The van der Waals surface area contributed by atoms with E-state index >= 15 is 0 Å². The number of methoxy groups -OCH3 is 2. The predicted octanol–water partition coefficient (Wildman–Crippen LogP) is 9.62. The van der Waals surface area contributed by atoms with Crippen molar-refractivity contribution in [3.8, 4) is 51.3 Å². The van der Waals surface area contributed by atoms with Crippen LogP contribution in [0.15, 0.2) is 120 Å². The van der Waals surface area contributed by atoms with Crippen molar-refractivity contribution in [3.63, 3.8) is 0 Å². The van der Waals surface area contributed by atoms with Crippen molar-refractivity contribution < 1.29 is 50.5 Å². The van der Waals surface area contributed by atoms with Gasteiger partial charge < -0.3 is 29.1 Å². The molecular formula is C47H43F3N6O8S2. The number of alkyl halides is 3. The van der Waals surface area contributed by atoms with Crippen LogP contribution in [0.1, 0.15) is 36.0 Å². The highest BCUT2D eigenvalue weighted by molar-refractivity contribution is 7.93. The molecule has 5 aromatic carbocycles. The number of carbonyl (C=O) groups is 2. The number of anilines is 1. The summed E-state index contributed by atoms with van der Waals surface area (Å²) in [6.45, 7) is -0.202. The molecule has 66 heavy (non-hydrogen) atoms. The Morgan fingerprint density at radius 1 is 0.864 bits per heavy atom. The van der Waals surface area contributed by atoms with Crippen LogP contribution < -0.4 is 18.5 Å². The van der Waals surface area contributed by atoms with E-state index in [1.165, 1.54) is 43.6 Å². The van der Waals surface area contributed by atoms with Gasteiger partial charge in [-0.2, -0.15) is 22.8 Å². The highest BCUT2D eigenvalue weighted by Gasteiger charge is 2.42. The fourth-order valence-electron chi connectivity index (χ4n) is 7.66. The van der Waals surface area contributed by atoms with Crippen molar-refractivity contribution in [2.45, 2.75) is 43.4 Å². The van der Waals surface area contributed by atoms with E-state index < -0.39 is 28.2 Å². The molecule has 1 aromatic heterocycles. The lowest BCUT2D eigenvalue weighted by atomic mass is 9.93. The Labute approximate surface area is 383 Å². The lowest BCUT2D eigenvalue weighted by molar-refractivity contribution is -0.186. The van der Waals surface area contributed by atoms with Gasteiger partial charge in [0.2, 0.25) is 5.13 Å². The maximum atomic E-state index is 14.4. The van der Waals surface area contributed by atoms with Crippen LogP contribution in [-0.4, -0.2) is 84.7 Å². The highest BCUT2D eigenvalue weighted by Crippen LogP contribution is 2.40. The molecule has 0 unspecified atom stereocenters. The minimum Gasteiger partial charge on any atom is -0.497 e. The van der Waals surface area contributed by atoms with E-state index in [-0.39, 0.29) is 72.2 Å². The summed E-state index contributed by atoms with van der Waals surface area (Å²) in [4.78, 5) is 30.1. The first-order chi connectivity index (χ1) is 31.7. The van der Waals surface area contributed by atoms with Crippen molar-refractivity contribution in [1.82, 2.24) is 19.2 Å². The van der Waals surface area contributed by atoms with Crippen molar-refractivity contribution in [3.05, 3.63) is 132 Å². The number of halogens is 3. The minimum absolute atomic E-state index is 0.0248. The molecule has 1 aliphatic heterocycles. The van der Waals surface area contributed by atoms with E-state index in [4.69, 9.17) is 14.2 Å². The highest BCUT2D eigenvalue weighted by atomic mass is 32.2. The van der Waals surface area contributed by atoms with Crippen LogP contribution in [0.3, 0.4) is 0 Å². The molecule has 2 amide bonds. The summed E-state index contributed by atoms with van der Waals surface area (Å²) in [7, 11) is -1.45. The molecule has 0 radical (unpaired) electrons. The summed E-state index contributed by atoms with van der Waals surface area (Å²) in [5, 5.41) is 19.8. The van der Waals surface area contributed by atoms with Crippen molar-refractivity contribution in [2.24, 2.45) is 5.92 Å². The normalized spacial score (nSPS) is 13.1. The number of nitriles is 1. The molecule has 1 fully saturated rings. The average molecular weight is 941 g/mol. The summed E-state index contributed by atoms with van der Waals surface area (Å²) in [5.41, 5.74) is 3.45. The summed E-state index contributed by atoms with van der Waals surface area (Å²) < 4.78 is 93.0. The molecule has 1 saturated heterocycles. The number of benzene rings is 5. The van der Waals surface area contributed by atoms with E-state index in [9.17, 15) is 41.5 Å². The molecule has 0 spiro atoms. The van der Waals surface area contributed by atoms with E-state index in [2.05, 4.69) is 15.4 Å². The molecule has 6 aromatic rings. The number of rotatable bonds is 16. The average Bonchev–Trinajstić information content (AvgIpc) is 3.87. The maximum Gasteiger partial charge on any atom is 0.471 e. The molecule has 2 heterocycles. The number of hydrogen-bond acceptors (Lipinski definition) is 11. The lowest BCUT2D eigenvalue weighted by Gasteiger charge is -2.32. The number of amides is 2. The summed E-state index contributed by atoms with van der Waals surface area (Å²) in [5.74, 6) is -0.883. The lowest BCUT2D eigenvalue weighted by Crippen LogP contribution is -2.42. The standard InChI is InChI=1S/C47H43F3N6O8S2/c1-62-38-13-11-36(43(26-38)63-2)29-56(45-52-30-53-65-45)66(60,61)39-14-16-41(37(24-39)27-51)64-42-15-12-34(33-8-4-3-5-9-33)25-40(42)35-10-6-7-32(23-35)28-55(44(57)47(48,49)50)22-19-31-17-20-54(21-18-31)46(58)59/h3-16,23-26,30-31H,17-22,28-29H2,1-2H3,(H,58,59). The van der Waals surface area contributed by atoms with Crippen molar-refractivity contribution >= 4 is 38.7 Å². The second-order valence-electron chi connectivity index (χ2n) is 15.3. The van der Waals surface area contributed by atoms with Gasteiger partial charge in [-0.15, -0.1) is 0 Å². The quantitative estimate of drug-likeness (QED) is 0.0978. The molecule has 0 bridgehead atoms. The number of nitrogens with zero attached hydrogens (tertiary/aromatic N) is 6. The van der Waals surface area contributed by atoms with Gasteiger partial charge in [0.25, 0.3) is 10.0 Å². The van der Waals surface area contributed by atoms with Gasteiger partial charge in [-0.25, -0.2) is 22.5 Å². The fourth-order valence-corrected chi connectivity index (χ4v) is 9.81. The topological polar surface area (TPSA) is 175 Å². The van der Waals surface area contributed by atoms with Gasteiger partial charge >= 0.3 is 18.2 Å². The third kappa shape index (κ3) is 10.8. The number of hydrogen-bond donors (Lipinski definition) is 1. The fraction of sp³-hybridized carbons (Fsp3) is 0.255. The van der Waals surface area contributed by atoms with Gasteiger partial charge in [-0.05, 0) is 96.0 Å². The van der Waals surface area contributed by atoms with Crippen molar-refractivity contribution in [2.75, 3.05) is 38.2 Å². The number of likely N-dealkylation sites (tertiary alicyclic amines) is 1. The number of carbonyl (C=O) groups excluding carboxylic acids is 1. The third-order valence-corrected chi connectivity index (χ3v) is 13.7. The molecular weight excluding hydrogens is 898 g/mol. The Hall–Kier alpha value is -7.17. The first-order valence-electron chi connectivity index (χ1n) is 20.5. The molecule has 342 valence electrons. The van der Waals surface area contributed by atoms with Crippen LogP contribution in [0.5, 0.6) is 23.0 Å². The third-order valence-electron chi connectivity index (χ3n) is 11.2. The van der Waals surface area contributed by atoms with Crippen LogP contribution in [0, 0.1) is 17.2 Å². The first kappa shape index (κ1) is 46.8. The summed E-state index contributed by atoms with van der Waals surface area (Å²) in [6, 6.07) is 32.3. The van der Waals surface area contributed by atoms with E-state index in [1.807, 2.05) is 36.4 Å². The molecule has 19 heteroatoms. The number of carboxylic acid groups (broad SMARTS) is 1. The van der Waals surface area contributed by atoms with Gasteiger partial charge in [0.05, 0.1) is 31.2 Å². The largest absolute Gasteiger partial charge is 0.497 e. The monoisotopic (exact) mass is 940 g/mol. The molecule has 0 saturated carbocycles. The minimum atomic E-state index is -5.12. The smallest absolute Gasteiger partial charge is 0.471 e. The number of piperidine rings is 1. The van der Waals surface area contributed by atoms with Crippen LogP contribution in [0.25, 0.3) is 22.3 Å². The first-order valence-corrected chi connectivity index (χ1v) is 22.7. The number of sulfonamides is 1. The zero-order valence-electron chi connectivity index (χ0n) is 35.6. The van der Waals surface area contributed by atoms with Gasteiger partial charge in [0.15, 0.2) is 0 Å². The zero-order chi connectivity index (χ0) is 47.0. The Balaban J connectivity index is 1.20. The number of aromatic nitrogens is 2. The zero-order valence-corrected chi connectivity index (χ0v) is 37.3. The Kier molecular flexibility index (Phi) is 14.4. The van der Waals surface area contributed by atoms with Crippen LogP contribution in [-0.2, 0) is 27.9 Å². The molecule has 1 aliphatic rings. The maximum absolute atomic E-state index is 14.4. The molecule has 14 nitrogen and oxygen atoms in total. The Morgan fingerprint density at radius 2 is 1.61 bits per heavy atom. The van der Waals surface area contributed by atoms with E-state index in [0.29, 0.717) is 46.6 Å². The molecule has 0 aliphatic carbocycles. The second kappa shape index (κ2) is 20.3. The van der Waals surface area contributed by atoms with Crippen molar-refractivity contribution in [1.29, 1.82) is 5.26 Å². The predicted molar refractivity (Wildman–Crippen MR) is 240 cm³/mol.